The number of hydrogen-bond acceptors (Lipinski definition) is 3. The molecule has 1 unspecified atom stereocenters. The zero-order valence-electron chi connectivity index (χ0n) is 8.15. The predicted octanol–water partition coefficient (Wildman–Crippen LogP) is 2.60. The first-order valence-electron chi connectivity index (χ1n) is 4.32. The third-order valence-electron chi connectivity index (χ3n) is 2.27. The van der Waals surface area contributed by atoms with Crippen molar-refractivity contribution in [3.05, 3.63) is 29.8 Å². The van der Waals surface area contributed by atoms with E-state index in [-0.39, 0.29) is 10.5 Å². The summed E-state index contributed by atoms with van der Waals surface area (Å²) in [6, 6.07) is 5.63. The molecule has 2 rings (SSSR count). The molecule has 1 aromatic carbocycles. The maximum absolute atomic E-state index is 12.7. The highest BCUT2D eigenvalue weighted by Gasteiger charge is 2.66. The molecule has 16 heavy (non-hydrogen) atoms. The summed E-state index contributed by atoms with van der Waals surface area (Å²) < 4.78 is 49.5. The van der Waals surface area contributed by atoms with Gasteiger partial charge in [-0.2, -0.15) is 13.2 Å². The van der Waals surface area contributed by atoms with Crippen LogP contribution in [-0.2, 0) is 16.5 Å². The van der Waals surface area contributed by atoms with E-state index in [2.05, 4.69) is 10.2 Å². The molecule has 1 atom stereocenters. The van der Waals surface area contributed by atoms with E-state index < -0.39 is 22.6 Å². The van der Waals surface area contributed by atoms with Gasteiger partial charge >= 0.3 is 11.8 Å². The summed E-state index contributed by atoms with van der Waals surface area (Å²) in [7, 11) is -1.50. The van der Waals surface area contributed by atoms with Crippen LogP contribution in [0.2, 0.25) is 0 Å². The summed E-state index contributed by atoms with van der Waals surface area (Å²) in [5.74, 6) is 0. The first-order valence-corrected chi connectivity index (χ1v) is 5.88. The zero-order chi connectivity index (χ0) is 12.0. The summed E-state index contributed by atoms with van der Waals surface area (Å²) in [6.45, 7) is 0. The third kappa shape index (κ3) is 1.55. The van der Waals surface area contributed by atoms with Crippen LogP contribution >= 0.6 is 0 Å². The maximum Gasteiger partial charge on any atom is 0.442 e. The van der Waals surface area contributed by atoms with Crippen molar-refractivity contribution in [1.82, 2.24) is 0 Å². The lowest BCUT2D eigenvalue weighted by atomic mass is 10.0. The molecule has 0 spiro atoms. The lowest BCUT2D eigenvalue weighted by Gasteiger charge is -2.16. The Hall–Kier alpha value is -1.24. The minimum Gasteiger partial charge on any atom is -0.255 e. The Kier molecular flexibility index (Phi) is 2.37. The van der Waals surface area contributed by atoms with Crippen molar-refractivity contribution in [3.8, 4) is 0 Å². The van der Waals surface area contributed by atoms with Gasteiger partial charge in [-0.15, -0.1) is 10.2 Å². The van der Waals surface area contributed by atoms with Gasteiger partial charge in [-0.1, -0.05) is 18.2 Å². The molecule has 0 fully saturated rings. The van der Waals surface area contributed by atoms with Crippen LogP contribution in [0, 0.1) is 0 Å². The van der Waals surface area contributed by atoms with E-state index in [1.807, 2.05) is 0 Å². The molecule has 3 nitrogen and oxygen atoms in total. The highest BCUT2D eigenvalue weighted by Crippen LogP contribution is 2.53. The Labute approximate surface area is 91.8 Å². The zero-order valence-corrected chi connectivity index (χ0v) is 8.97. The lowest BCUT2D eigenvalue weighted by molar-refractivity contribution is -0.166. The van der Waals surface area contributed by atoms with Crippen molar-refractivity contribution in [3.63, 3.8) is 0 Å². The summed E-state index contributed by atoms with van der Waals surface area (Å²) in [5.41, 5.74) is -2.64. The molecule has 0 saturated carbocycles. The van der Waals surface area contributed by atoms with E-state index in [0.29, 0.717) is 0 Å². The van der Waals surface area contributed by atoms with Crippen LogP contribution in [-0.4, -0.2) is 16.6 Å². The third-order valence-corrected chi connectivity index (χ3v) is 3.24. The van der Waals surface area contributed by atoms with Gasteiger partial charge in [0.05, 0.1) is 10.8 Å². The smallest absolute Gasteiger partial charge is 0.255 e. The van der Waals surface area contributed by atoms with Gasteiger partial charge in [0.25, 0.3) is 0 Å². The highest BCUT2D eigenvalue weighted by atomic mass is 32.2. The largest absolute Gasteiger partial charge is 0.442 e. The molecule has 0 saturated heterocycles. The second-order valence-electron chi connectivity index (χ2n) is 3.32. The Bertz CT molecular complexity index is 478. The number of rotatable bonds is 2. The number of hydrogen-bond donors (Lipinski definition) is 0. The first-order chi connectivity index (χ1) is 7.38. The second kappa shape index (κ2) is 3.38. The fourth-order valence-corrected chi connectivity index (χ4v) is 2.22. The van der Waals surface area contributed by atoms with Crippen molar-refractivity contribution in [2.24, 2.45) is 10.2 Å². The topological polar surface area (TPSA) is 41.8 Å². The summed E-state index contributed by atoms with van der Waals surface area (Å²) in [4.78, 5) is 0.116. The molecular formula is C9H7F3N2OS. The molecule has 1 aromatic rings. The molecule has 7 heteroatoms. The number of nitrogens with zero attached hydrogens (tertiary/aromatic N) is 2. The van der Waals surface area contributed by atoms with E-state index in [0.717, 1.165) is 0 Å². The molecule has 1 aliphatic rings. The highest BCUT2D eigenvalue weighted by molar-refractivity contribution is 7.84. The van der Waals surface area contributed by atoms with Crippen molar-refractivity contribution in [1.29, 1.82) is 0 Å². The van der Waals surface area contributed by atoms with E-state index in [1.165, 1.54) is 30.5 Å². The van der Waals surface area contributed by atoms with Gasteiger partial charge in [-0.3, -0.25) is 4.21 Å². The first kappa shape index (κ1) is 11.3. The fraction of sp³-hybridized carbons (Fsp3) is 0.333. The molecule has 1 aliphatic heterocycles. The van der Waals surface area contributed by atoms with Gasteiger partial charge in [0.15, 0.2) is 0 Å². The second-order valence-corrected chi connectivity index (χ2v) is 4.67. The summed E-state index contributed by atoms with van der Waals surface area (Å²) in [5, 5.41) is 6.17. The Morgan fingerprint density at radius 1 is 1.25 bits per heavy atom. The Morgan fingerprint density at radius 2 is 1.81 bits per heavy atom. The van der Waals surface area contributed by atoms with Crippen LogP contribution in [0.1, 0.15) is 5.56 Å². The molecule has 0 aromatic heterocycles. The normalized spacial score (nSPS) is 19.5. The number of benzene rings is 1. The molecule has 86 valence electrons. The summed E-state index contributed by atoms with van der Waals surface area (Å²) in [6.07, 6.45) is -3.26. The molecular weight excluding hydrogens is 241 g/mol. The van der Waals surface area contributed by atoms with Crippen LogP contribution in [0.15, 0.2) is 39.4 Å². The van der Waals surface area contributed by atoms with Crippen LogP contribution in [0.5, 0.6) is 0 Å². The molecule has 0 N–H and O–H groups in total. The van der Waals surface area contributed by atoms with Gasteiger partial charge in [0, 0.05) is 16.7 Å². The molecule has 0 bridgehead atoms. The molecule has 0 amide bonds. The minimum atomic E-state index is -4.58. The van der Waals surface area contributed by atoms with Gasteiger partial charge in [-0.25, -0.2) is 0 Å². The van der Waals surface area contributed by atoms with E-state index in [1.54, 1.807) is 0 Å². The average molecular weight is 248 g/mol. The van der Waals surface area contributed by atoms with Gasteiger partial charge in [0.2, 0.25) is 0 Å². The molecule has 0 radical (unpaired) electrons. The van der Waals surface area contributed by atoms with E-state index in [9.17, 15) is 17.4 Å². The monoisotopic (exact) mass is 248 g/mol. The maximum atomic E-state index is 12.7. The van der Waals surface area contributed by atoms with Crippen LogP contribution < -0.4 is 0 Å². The van der Waals surface area contributed by atoms with Crippen molar-refractivity contribution in [2.75, 3.05) is 6.26 Å². The predicted molar refractivity (Wildman–Crippen MR) is 51.4 cm³/mol. The molecule has 0 aliphatic carbocycles. The van der Waals surface area contributed by atoms with E-state index >= 15 is 0 Å². The molecule has 1 heterocycles. The van der Waals surface area contributed by atoms with Gasteiger partial charge < -0.3 is 0 Å². The summed E-state index contributed by atoms with van der Waals surface area (Å²) >= 11 is 0. The average Bonchev–Trinajstić information content (AvgIpc) is 2.97. The van der Waals surface area contributed by atoms with E-state index in [4.69, 9.17) is 0 Å². The van der Waals surface area contributed by atoms with Crippen LogP contribution in [0.25, 0.3) is 0 Å². The Morgan fingerprint density at radius 3 is 2.25 bits per heavy atom. The van der Waals surface area contributed by atoms with Gasteiger partial charge in [0.1, 0.15) is 0 Å². The quantitative estimate of drug-likeness (QED) is 0.793. The Balaban J connectivity index is 2.54. The number of alkyl halides is 3. The van der Waals surface area contributed by atoms with Crippen molar-refractivity contribution < 1.29 is 17.4 Å². The standard InChI is InChI=1S/C9H7F3N2OS/c1-16(15)7-5-3-2-4-6(7)8(13-14-8)9(10,11)12/h2-5H,1H3. The van der Waals surface area contributed by atoms with Gasteiger partial charge in [-0.05, 0) is 6.07 Å². The van der Waals surface area contributed by atoms with Crippen molar-refractivity contribution in [2.45, 2.75) is 16.7 Å². The number of halogens is 3. The fourth-order valence-electron chi connectivity index (χ4n) is 1.43. The SMILES string of the molecule is CS(=O)c1ccccc1C1(C(F)(F)F)N=N1. The minimum absolute atomic E-state index is 0.116. The van der Waals surface area contributed by atoms with Crippen LogP contribution in [0.4, 0.5) is 13.2 Å². The van der Waals surface area contributed by atoms with Crippen molar-refractivity contribution >= 4 is 10.8 Å². The lowest BCUT2D eigenvalue weighted by Crippen LogP contribution is -2.31. The van der Waals surface area contributed by atoms with Crippen LogP contribution in [0.3, 0.4) is 0 Å².